The first kappa shape index (κ1) is 12.9. The molecule has 0 heterocycles. The lowest BCUT2D eigenvalue weighted by Crippen LogP contribution is -2.42. The Hall–Kier alpha value is -0.580. The van der Waals surface area contributed by atoms with Gasteiger partial charge in [-0.2, -0.15) is 0 Å². The molecule has 2 aliphatic rings. The summed E-state index contributed by atoms with van der Waals surface area (Å²) in [6.45, 7) is 3.22. The van der Waals surface area contributed by atoms with Gasteiger partial charge in [-0.3, -0.25) is 4.79 Å². The molecule has 2 fully saturated rings. The number of rotatable bonds is 4. The van der Waals surface area contributed by atoms with Crippen molar-refractivity contribution < 1.29 is 13.2 Å². The summed E-state index contributed by atoms with van der Waals surface area (Å²) in [6.07, 6.45) is 4.72. The van der Waals surface area contributed by atoms with Gasteiger partial charge in [-0.1, -0.05) is 6.42 Å². The van der Waals surface area contributed by atoms with Gasteiger partial charge in [0, 0.05) is 6.04 Å². The third-order valence-electron chi connectivity index (χ3n) is 4.13. The number of nitrogens with one attached hydrogen (secondary N) is 1. The van der Waals surface area contributed by atoms with Gasteiger partial charge in [0.2, 0.25) is 5.91 Å². The van der Waals surface area contributed by atoms with Crippen LogP contribution in [0.1, 0.15) is 39.5 Å². The molecule has 2 bridgehead atoms. The number of sulfone groups is 1. The summed E-state index contributed by atoms with van der Waals surface area (Å²) in [7, 11) is -3.26. The molecule has 0 aromatic heterocycles. The molecule has 3 unspecified atom stereocenters. The summed E-state index contributed by atoms with van der Waals surface area (Å²) in [6, 6.07) is 0.226. The van der Waals surface area contributed by atoms with Gasteiger partial charge in [0.25, 0.3) is 0 Å². The Kier molecular flexibility index (Phi) is 3.48. The van der Waals surface area contributed by atoms with E-state index in [0.717, 1.165) is 12.3 Å². The second kappa shape index (κ2) is 4.59. The van der Waals surface area contributed by atoms with E-state index in [-0.39, 0.29) is 17.7 Å². The molecule has 1 N–H and O–H groups in total. The van der Waals surface area contributed by atoms with Crippen LogP contribution >= 0.6 is 0 Å². The van der Waals surface area contributed by atoms with E-state index in [4.69, 9.17) is 0 Å². The Balaban J connectivity index is 1.86. The lowest BCUT2D eigenvalue weighted by Gasteiger charge is -2.23. The lowest BCUT2D eigenvalue weighted by molar-refractivity contribution is -0.119. The summed E-state index contributed by atoms with van der Waals surface area (Å²) in [5.74, 6) is 0.660. The molecule has 0 radical (unpaired) electrons. The van der Waals surface area contributed by atoms with E-state index >= 15 is 0 Å². The smallest absolute Gasteiger partial charge is 0.235 e. The van der Waals surface area contributed by atoms with Gasteiger partial charge in [-0.15, -0.1) is 0 Å². The molecule has 17 heavy (non-hydrogen) atoms. The Bertz CT molecular complexity index is 402. The van der Waals surface area contributed by atoms with E-state index in [1.165, 1.54) is 19.3 Å². The molecular weight excluding hydrogens is 238 g/mol. The van der Waals surface area contributed by atoms with Crippen LogP contribution in [0.3, 0.4) is 0 Å². The van der Waals surface area contributed by atoms with Gasteiger partial charge in [0.1, 0.15) is 5.75 Å². The molecule has 0 aromatic carbocycles. The number of hydrogen-bond acceptors (Lipinski definition) is 3. The standard InChI is InChI=1S/C12H21NO3S/c1-8(2)17(15,16)7-12(14)13-11-6-9-3-4-10(11)5-9/h8-11H,3-7H2,1-2H3,(H,13,14). The van der Waals surface area contributed by atoms with Crippen molar-refractivity contribution in [1.29, 1.82) is 0 Å². The van der Waals surface area contributed by atoms with E-state index in [2.05, 4.69) is 5.32 Å². The Morgan fingerprint density at radius 2 is 2.00 bits per heavy atom. The van der Waals surface area contributed by atoms with Crippen LogP contribution in [0.2, 0.25) is 0 Å². The third kappa shape index (κ3) is 2.81. The number of carbonyl (C=O) groups excluding carboxylic acids is 1. The zero-order valence-electron chi connectivity index (χ0n) is 10.5. The first-order valence-corrected chi connectivity index (χ1v) is 8.11. The minimum absolute atomic E-state index is 0.226. The van der Waals surface area contributed by atoms with Crippen molar-refractivity contribution in [3.8, 4) is 0 Å². The van der Waals surface area contributed by atoms with Crippen LogP contribution in [0.5, 0.6) is 0 Å². The highest BCUT2D eigenvalue weighted by atomic mass is 32.2. The fourth-order valence-corrected chi connectivity index (χ4v) is 3.80. The summed E-state index contributed by atoms with van der Waals surface area (Å²) < 4.78 is 23.2. The zero-order chi connectivity index (χ0) is 12.6. The van der Waals surface area contributed by atoms with E-state index in [1.807, 2.05) is 0 Å². The van der Waals surface area contributed by atoms with E-state index in [0.29, 0.717) is 5.92 Å². The van der Waals surface area contributed by atoms with Crippen LogP contribution in [0.15, 0.2) is 0 Å². The predicted molar refractivity (Wildman–Crippen MR) is 66.3 cm³/mol. The Morgan fingerprint density at radius 1 is 1.29 bits per heavy atom. The fourth-order valence-electron chi connectivity index (χ4n) is 3.02. The van der Waals surface area contributed by atoms with Crippen LogP contribution in [0.25, 0.3) is 0 Å². The molecule has 1 amide bonds. The first-order valence-electron chi connectivity index (χ1n) is 6.39. The van der Waals surface area contributed by atoms with Crippen LogP contribution in [0, 0.1) is 11.8 Å². The number of fused-ring (bicyclic) bond motifs is 2. The minimum atomic E-state index is -3.26. The predicted octanol–water partition coefficient (Wildman–Crippen LogP) is 1.11. The van der Waals surface area contributed by atoms with E-state index in [9.17, 15) is 13.2 Å². The summed E-state index contributed by atoms with van der Waals surface area (Å²) in [5, 5.41) is 2.42. The summed E-state index contributed by atoms with van der Waals surface area (Å²) in [4.78, 5) is 11.7. The van der Waals surface area contributed by atoms with Crippen molar-refractivity contribution in [2.75, 3.05) is 5.75 Å². The zero-order valence-corrected chi connectivity index (χ0v) is 11.3. The van der Waals surface area contributed by atoms with Crippen molar-refractivity contribution in [2.24, 2.45) is 11.8 Å². The van der Waals surface area contributed by atoms with Crippen molar-refractivity contribution in [3.63, 3.8) is 0 Å². The number of amides is 1. The van der Waals surface area contributed by atoms with Gasteiger partial charge in [0.15, 0.2) is 9.84 Å². The average molecular weight is 259 g/mol. The molecule has 0 aliphatic heterocycles. The minimum Gasteiger partial charge on any atom is -0.352 e. The van der Waals surface area contributed by atoms with E-state index in [1.54, 1.807) is 13.8 Å². The topological polar surface area (TPSA) is 63.2 Å². The van der Waals surface area contributed by atoms with Gasteiger partial charge >= 0.3 is 0 Å². The molecule has 5 heteroatoms. The highest BCUT2D eigenvalue weighted by Gasteiger charge is 2.40. The molecule has 2 saturated carbocycles. The maximum Gasteiger partial charge on any atom is 0.235 e. The van der Waals surface area contributed by atoms with Crippen LogP contribution < -0.4 is 5.32 Å². The SMILES string of the molecule is CC(C)S(=O)(=O)CC(=O)NC1CC2CCC1C2. The molecule has 98 valence electrons. The van der Waals surface area contributed by atoms with Gasteiger partial charge < -0.3 is 5.32 Å². The quantitative estimate of drug-likeness (QED) is 0.822. The lowest BCUT2D eigenvalue weighted by atomic mass is 9.95. The van der Waals surface area contributed by atoms with Crippen molar-refractivity contribution >= 4 is 15.7 Å². The molecule has 4 nitrogen and oxygen atoms in total. The summed E-state index contributed by atoms with van der Waals surface area (Å²) in [5.41, 5.74) is 0. The average Bonchev–Trinajstić information content (AvgIpc) is 2.77. The highest BCUT2D eigenvalue weighted by Crippen LogP contribution is 2.44. The summed E-state index contributed by atoms with van der Waals surface area (Å²) >= 11 is 0. The number of carbonyl (C=O) groups is 1. The fraction of sp³-hybridized carbons (Fsp3) is 0.917. The van der Waals surface area contributed by atoms with Crippen molar-refractivity contribution in [1.82, 2.24) is 5.32 Å². The van der Waals surface area contributed by atoms with Gasteiger partial charge in [-0.05, 0) is 44.9 Å². The highest BCUT2D eigenvalue weighted by molar-refractivity contribution is 7.92. The second-order valence-corrected chi connectivity index (χ2v) is 8.26. The second-order valence-electron chi connectivity index (χ2n) is 5.70. The van der Waals surface area contributed by atoms with Crippen molar-refractivity contribution in [3.05, 3.63) is 0 Å². The van der Waals surface area contributed by atoms with E-state index < -0.39 is 15.1 Å². The molecule has 3 atom stereocenters. The Labute approximate surface area is 103 Å². The maximum absolute atomic E-state index is 11.7. The molecule has 0 spiro atoms. The van der Waals surface area contributed by atoms with Gasteiger partial charge in [0.05, 0.1) is 5.25 Å². The first-order chi connectivity index (χ1) is 7.88. The van der Waals surface area contributed by atoms with Gasteiger partial charge in [-0.25, -0.2) is 8.42 Å². The maximum atomic E-state index is 11.7. The largest absolute Gasteiger partial charge is 0.352 e. The molecular formula is C12H21NO3S. The Morgan fingerprint density at radius 3 is 2.47 bits per heavy atom. The normalized spacial score (nSPS) is 32.1. The monoisotopic (exact) mass is 259 g/mol. The molecule has 2 rings (SSSR count). The van der Waals surface area contributed by atoms with Crippen LogP contribution in [-0.4, -0.2) is 31.4 Å². The third-order valence-corrected chi connectivity index (χ3v) is 6.24. The molecule has 0 saturated heterocycles. The van der Waals surface area contributed by atoms with Crippen LogP contribution in [-0.2, 0) is 14.6 Å². The molecule has 2 aliphatic carbocycles. The number of hydrogen-bond donors (Lipinski definition) is 1. The molecule has 0 aromatic rings. The van der Waals surface area contributed by atoms with Crippen molar-refractivity contribution in [2.45, 2.75) is 50.8 Å². The van der Waals surface area contributed by atoms with Crippen LogP contribution in [0.4, 0.5) is 0 Å².